The summed E-state index contributed by atoms with van der Waals surface area (Å²) in [4.78, 5) is 12.8. The molecular formula is C25H25N3O5S. The van der Waals surface area contributed by atoms with E-state index in [0.29, 0.717) is 17.1 Å². The number of nitrogens with one attached hydrogen (secondary N) is 2. The van der Waals surface area contributed by atoms with Crippen molar-refractivity contribution in [2.24, 2.45) is 5.10 Å². The van der Waals surface area contributed by atoms with Crippen LogP contribution in [0.15, 0.2) is 76.7 Å². The lowest BCUT2D eigenvalue weighted by Gasteiger charge is -2.18. The molecule has 1 aliphatic rings. The molecule has 2 N–H and O–H groups in total. The molecule has 8 nitrogen and oxygen atoms in total. The Morgan fingerprint density at radius 1 is 1.03 bits per heavy atom. The van der Waals surface area contributed by atoms with E-state index in [1.54, 1.807) is 42.5 Å². The number of hydrazone groups is 1. The van der Waals surface area contributed by atoms with Crippen LogP contribution in [0.3, 0.4) is 0 Å². The molecule has 0 aromatic heterocycles. The maximum atomic E-state index is 12.9. The second kappa shape index (κ2) is 10.1. The van der Waals surface area contributed by atoms with E-state index in [1.165, 1.54) is 18.3 Å². The molecule has 0 spiro atoms. The summed E-state index contributed by atoms with van der Waals surface area (Å²) >= 11 is 0. The van der Waals surface area contributed by atoms with E-state index in [9.17, 15) is 13.2 Å². The van der Waals surface area contributed by atoms with Crippen LogP contribution in [-0.2, 0) is 14.8 Å². The highest BCUT2D eigenvalue weighted by Gasteiger charge is 2.24. The highest BCUT2D eigenvalue weighted by molar-refractivity contribution is 7.89. The zero-order valence-corrected chi connectivity index (χ0v) is 19.6. The first-order chi connectivity index (χ1) is 16.3. The number of sulfonamides is 1. The number of ether oxygens (including phenoxy) is 2. The highest BCUT2D eigenvalue weighted by Crippen LogP contribution is 2.34. The number of amides is 1. The summed E-state index contributed by atoms with van der Waals surface area (Å²) in [6.45, 7) is 3.95. The van der Waals surface area contributed by atoms with Gasteiger partial charge in [-0.15, -0.1) is 0 Å². The summed E-state index contributed by atoms with van der Waals surface area (Å²) < 4.78 is 39.3. The number of benzene rings is 3. The van der Waals surface area contributed by atoms with E-state index in [2.05, 4.69) is 15.2 Å². The van der Waals surface area contributed by atoms with Gasteiger partial charge in [-0.25, -0.2) is 18.6 Å². The van der Waals surface area contributed by atoms with Crippen LogP contribution < -0.4 is 19.6 Å². The molecule has 1 aliphatic heterocycles. The van der Waals surface area contributed by atoms with Gasteiger partial charge in [0.05, 0.1) is 17.2 Å². The molecule has 0 radical (unpaired) electrons. The number of nitrogens with zero attached hydrogens (tertiary/aromatic N) is 1. The standard InChI is InChI=1S/C25H25N3O5S/c1-17-8-10-21(11-9-17)34(30,31)28-22(19-6-4-3-5-7-19)14-25(29)27-26-15-20-13-24-23(12-18(20)2)32-16-33-24/h3-13,15,22,28H,14,16H2,1-2H3,(H,27,29)/b26-15-/t22-/m1/s1. The van der Waals surface area contributed by atoms with Gasteiger partial charge in [-0.05, 0) is 49.2 Å². The van der Waals surface area contributed by atoms with Crippen molar-refractivity contribution in [3.8, 4) is 11.5 Å². The predicted molar refractivity (Wildman–Crippen MR) is 128 cm³/mol. The first-order valence-electron chi connectivity index (χ1n) is 10.7. The van der Waals surface area contributed by atoms with Crippen LogP contribution in [0.1, 0.15) is 34.7 Å². The molecule has 9 heteroatoms. The predicted octanol–water partition coefficient (Wildman–Crippen LogP) is 3.59. The number of aryl methyl sites for hydroxylation is 2. The van der Waals surface area contributed by atoms with Crippen LogP contribution in [0.2, 0.25) is 0 Å². The maximum Gasteiger partial charge on any atom is 0.242 e. The average Bonchev–Trinajstić information content (AvgIpc) is 3.26. The molecule has 0 aliphatic carbocycles. The van der Waals surface area contributed by atoms with Crippen LogP contribution in [0.4, 0.5) is 0 Å². The van der Waals surface area contributed by atoms with Gasteiger partial charge in [-0.3, -0.25) is 4.79 Å². The quantitative estimate of drug-likeness (QED) is 0.379. The van der Waals surface area contributed by atoms with Gasteiger partial charge >= 0.3 is 0 Å². The summed E-state index contributed by atoms with van der Waals surface area (Å²) in [5.41, 5.74) is 5.79. The molecule has 0 saturated heterocycles. The summed E-state index contributed by atoms with van der Waals surface area (Å²) in [6.07, 6.45) is 1.38. The second-order valence-electron chi connectivity index (χ2n) is 7.96. The van der Waals surface area contributed by atoms with Crippen molar-refractivity contribution < 1.29 is 22.7 Å². The Kier molecular flexibility index (Phi) is 6.95. The van der Waals surface area contributed by atoms with E-state index in [4.69, 9.17) is 9.47 Å². The minimum atomic E-state index is -3.84. The van der Waals surface area contributed by atoms with Crippen LogP contribution in [0.5, 0.6) is 11.5 Å². The molecule has 3 aromatic carbocycles. The highest BCUT2D eigenvalue weighted by atomic mass is 32.2. The fraction of sp³-hybridized carbons (Fsp3) is 0.200. The largest absolute Gasteiger partial charge is 0.454 e. The average molecular weight is 480 g/mol. The minimum absolute atomic E-state index is 0.132. The third-order valence-electron chi connectivity index (χ3n) is 5.37. The zero-order valence-electron chi connectivity index (χ0n) is 18.8. The molecule has 1 amide bonds. The molecular weight excluding hydrogens is 454 g/mol. The normalized spacial score (nSPS) is 13.7. The van der Waals surface area contributed by atoms with Gasteiger partial charge in [0.1, 0.15) is 0 Å². The van der Waals surface area contributed by atoms with Gasteiger partial charge in [0.25, 0.3) is 0 Å². The molecule has 176 valence electrons. The molecule has 0 fully saturated rings. The molecule has 0 saturated carbocycles. The van der Waals surface area contributed by atoms with Crippen molar-refractivity contribution in [3.05, 3.63) is 89.0 Å². The molecule has 4 rings (SSSR count). The minimum Gasteiger partial charge on any atom is -0.454 e. The van der Waals surface area contributed by atoms with Gasteiger partial charge in [0, 0.05) is 12.0 Å². The molecule has 34 heavy (non-hydrogen) atoms. The van der Waals surface area contributed by atoms with E-state index in [0.717, 1.165) is 16.7 Å². The van der Waals surface area contributed by atoms with Crippen LogP contribution in [0.25, 0.3) is 0 Å². The van der Waals surface area contributed by atoms with Crippen LogP contribution in [-0.4, -0.2) is 27.3 Å². The molecule has 1 atom stereocenters. The fourth-order valence-corrected chi connectivity index (χ4v) is 4.71. The van der Waals surface area contributed by atoms with Crippen molar-refractivity contribution in [2.75, 3.05) is 6.79 Å². The van der Waals surface area contributed by atoms with Crippen molar-refractivity contribution in [1.82, 2.24) is 10.1 Å². The van der Waals surface area contributed by atoms with Gasteiger partial charge in [0.2, 0.25) is 22.7 Å². The molecule has 0 unspecified atom stereocenters. The Labute approximate surface area is 198 Å². The van der Waals surface area contributed by atoms with Gasteiger partial charge in [-0.2, -0.15) is 5.10 Å². The van der Waals surface area contributed by atoms with Gasteiger partial charge in [-0.1, -0.05) is 48.0 Å². The molecule has 1 heterocycles. The Bertz CT molecular complexity index is 1310. The number of carbonyl (C=O) groups is 1. The molecule has 0 bridgehead atoms. The number of fused-ring (bicyclic) bond motifs is 1. The Morgan fingerprint density at radius 2 is 1.71 bits per heavy atom. The SMILES string of the molecule is Cc1ccc(S(=O)(=O)N[C@H](CC(=O)N/N=C\c2cc3c(cc2C)OCO3)c2ccccc2)cc1. The Morgan fingerprint density at radius 3 is 2.41 bits per heavy atom. The van der Waals surface area contributed by atoms with E-state index in [1.807, 2.05) is 26.0 Å². The third kappa shape index (κ3) is 5.62. The molecule has 3 aromatic rings. The summed E-state index contributed by atoms with van der Waals surface area (Å²) in [5, 5.41) is 4.04. The first-order valence-corrected chi connectivity index (χ1v) is 12.2. The summed E-state index contributed by atoms with van der Waals surface area (Å²) in [5.74, 6) is 0.855. The second-order valence-corrected chi connectivity index (χ2v) is 9.67. The van der Waals surface area contributed by atoms with Crippen molar-refractivity contribution in [3.63, 3.8) is 0 Å². The third-order valence-corrected chi connectivity index (χ3v) is 6.86. The van der Waals surface area contributed by atoms with E-state index < -0.39 is 22.0 Å². The number of hydrogen-bond donors (Lipinski definition) is 2. The fourth-order valence-electron chi connectivity index (χ4n) is 3.49. The topological polar surface area (TPSA) is 106 Å². The maximum absolute atomic E-state index is 12.9. The summed E-state index contributed by atoms with van der Waals surface area (Å²) in [6, 6.07) is 18.4. The lowest BCUT2D eigenvalue weighted by atomic mass is 10.0. The smallest absolute Gasteiger partial charge is 0.242 e. The van der Waals surface area contributed by atoms with E-state index in [-0.39, 0.29) is 18.1 Å². The monoisotopic (exact) mass is 479 g/mol. The van der Waals surface area contributed by atoms with Gasteiger partial charge < -0.3 is 9.47 Å². The lowest BCUT2D eigenvalue weighted by Crippen LogP contribution is -2.32. The van der Waals surface area contributed by atoms with Crippen molar-refractivity contribution in [1.29, 1.82) is 0 Å². The number of hydrogen-bond acceptors (Lipinski definition) is 6. The lowest BCUT2D eigenvalue weighted by molar-refractivity contribution is -0.121. The van der Waals surface area contributed by atoms with Crippen LogP contribution >= 0.6 is 0 Å². The van der Waals surface area contributed by atoms with Crippen LogP contribution in [0, 0.1) is 13.8 Å². The van der Waals surface area contributed by atoms with Crippen molar-refractivity contribution in [2.45, 2.75) is 31.2 Å². The number of carbonyl (C=O) groups excluding carboxylic acids is 1. The Hall–Kier alpha value is -3.69. The zero-order chi connectivity index (χ0) is 24.1. The summed E-state index contributed by atoms with van der Waals surface area (Å²) in [7, 11) is -3.84. The first kappa shape index (κ1) is 23.5. The van der Waals surface area contributed by atoms with Crippen molar-refractivity contribution >= 4 is 22.1 Å². The van der Waals surface area contributed by atoms with Gasteiger partial charge in [0.15, 0.2) is 11.5 Å². The van der Waals surface area contributed by atoms with E-state index >= 15 is 0 Å². The number of rotatable bonds is 8. The Balaban J connectivity index is 1.47.